The molecular formula is C13H18BrNO2. The molecule has 0 bridgehead atoms. The minimum Gasteiger partial charge on any atom is -0.506 e. The van der Waals surface area contributed by atoms with Crippen molar-refractivity contribution in [3.63, 3.8) is 0 Å². The number of likely N-dealkylation sites (N-methyl/N-ethyl adjacent to an activating group) is 1. The Morgan fingerprint density at radius 2 is 2.12 bits per heavy atom. The van der Waals surface area contributed by atoms with Crippen molar-refractivity contribution in [1.29, 1.82) is 0 Å². The second kappa shape index (κ2) is 5.38. The van der Waals surface area contributed by atoms with Crippen molar-refractivity contribution in [1.82, 2.24) is 5.32 Å². The highest BCUT2D eigenvalue weighted by atomic mass is 79.9. The summed E-state index contributed by atoms with van der Waals surface area (Å²) in [6, 6.07) is 1.99. The van der Waals surface area contributed by atoms with Gasteiger partial charge in [-0.05, 0) is 65.9 Å². The lowest BCUT2D eigenvalue weighted by molar-refractivity contribution is 0.172. The van der Waals surface area contributed by atoms with Gasteiger partial charge in [0.05, 0.1) is 10.6 Å². The Kier molecular flexibility index (Phi) is 4.07. The van der Waals surface area contributed by atoms with Gasteiger partial charge in [0.2, 0.25) is 0 Å². The predicted octanol–water partition coefficient (Wildman–Crippen LogP) is 2.29. The van der Waals surface area contributed by atoms with Gasteiger partial charge in [-0.25, -0.2) is 0 Å². The molecule has 0 heterocycles. The predicted molar refractivity (Wildman–Crippen MR) is 71.3 cm³/mol. The summed E-state index contributed by atoms with van der Waals surface area (Å²) in [6.07, 6.45) is 3.66. The number of rotatable bonds is 3. The molecule has 0 spiro atoms. The normalized spacial score (nSPS) is 16.6. The minimum atomic E-state index is -0.649. The number of hydrogen-bond acceptors (Lipinski definition) is 3. The molecule has 3 N–H and O–H groups in total. The number of nitrogens with one attached hydrogen (secondary N) is 1. The molecule has 2 rings (SSSR count). The Hall–Kier alpha value is -0.580. The highest BCUT2D eigenvalue weighted by molar-refractivity contribution is 9.10. The van der Waals surface area contributed by atoms with Gasteiger partial charge >= 0.3 is 0 Å². The minimum absolute atomic E-state index is 0.188. The molecule has 1 aliphatic rings. The maximum atomic E-state index is 10.1. The first-order valence-corrected chi connectivity index (χ1v) is 6.80. The van der Waals surface area contributed by atoms with Crippen LogP contribution in [-0.2, 0) is 12.8 Å². The average Bonchev–Trinajstić information content (AvgIpc) is 2.31. The zero-order chi connectivity index (χ0) is 12.4. The van der Waals surface area contributed by atoms with Crippen LogP contribution < -0.4 is 5.32 Å². The summed E-state index contributed by atoms with van der Waals surface area (Å²) in [4.78, 5) is 0. The number of aromatic hydroxyl groups is 1. The zero-order valence-corrected chi connectivity index (χ0v) is 11.5. The molecule has 4 heteroatoms. The standard InChI is InChI=1S/C13H18BrNO2/c1-15-7-11(16)12-9-5-3-2-4-8(9)6-10(14)13(12)17/h6,11,15-17H,2-5,7H2,1H3. The van der Waals surface area contributed by atoms with E-state index in [9.17, 15) is 10.2 Å². The summed E-state index contributed by atoms with van der Waals surface area (Å²) in [5, 5.41) is 23.2. The maximum absolute atomic E-state index is 10.1. The van der Waals surface area contributed by atoms with Crippen molar-refractivity contribution in [2.45, 2.75) is 31.8 Å². The van der Waals surface area contributed by atoms with Crippen molar-refractivity contribution in [3.05, 3.63) is 27.2 Å². The monoisotopic (exact) mass is 299 g/mol. The summed E-state index contributed by atoms with van der Waals surface area (Å²) in [6.45, 7) is 0.455. The highest BCUT2D eigenvalue weighted by Gasteiger charge is 2.23. The van der Waals surface area contributed by atoms with Crippen LogP contribution in [0.4, 0.5) is 0 Å². The Morgan fingerprint density at radius 3 is 2.82 bits per heavy atom. The lowest BCUT2D eigenvalue weighted by Crippen LogP contribution is -2.19. The highest BCUT2D eigenvalue weighted by Crippen LogP contribution is 2.39. The molecular weight excluding hydrogens is 282 g/mol. The van der Waals surface area contributed by atoms with Crippen LogP contribution in [0.3, 0.4) is 0 Å². The molecule has 1 aliphatic carbocycles. The molecule has 3 nitrogen and oxygen atoms in total. The second-order valence-electron chi connectivity index (χ2n) is 4.54. The zero-order valence-electron chi connectivity index (χ0n) is 9.96. The third-order valence-electron chi connectivity index (χ3n) is 3.35. The van der Waals surface area contributed by atoms with Gasteiger partial charge < -0.3 is 15.5 Å². The van der Waals surface area contributed by atoms with Crippen molar-refractivity contribution in [2.75, 3.05) is 13.6 Å². The van der Waals surface area contributed by atoms with Crippen LogP contribution >= 0.6 is 15.9 Å². The maximum Gasteiger partial charge on any atom is 0.135 e. The van der Waals surface area contributed by atoms with E-state index in [-0.39, 0.29) is 5.75 Å². The Balaban J connectivity index is 2.50. The van der Waals surface area contributed by atoms with E-state index in [0.717, 1.165) is 24.8 Å². The number of benzene rings is 1. The summed E-state index contributed by atoms with van der Waals surface area (Å²) < 4.78 is 0.684. The van der Waals surface area contributed by atoms with Gasteiger partial charge in [-0.2, -0.15) is 0 Å². The summed E-state index contributed by atoms with van der Waals surface area (Å²) in [5.74, 6) is 0.188. The van der Waals surface area contributed by atoms with Gasteiger partial charge in [0.25, 0.3) is 0 Å². The van der Waals surface area contributed by atoms with Gasteiger partial charge in [0.15, 0.2) is 0 Å². The van der Waals surface area contributed by atoms with E-state index >= 15 is 0 Å². The second-order valence-corrected chi connectivity index (χ2v) is 5.39. The number of aryl methyl sites for hydroxylation is 1. The molecule has 1 atom stereocenters. The van der Waals surface area contributed by atoms with E-state index in [0.29, 0.717) is 16.6 Å². The number of phenolic OH excluding ortho intramolecular Hbond substituents is 1. The SMILES string of the molecule is CNCC(O)c1c(O)c(Br)cc2c1CCCC2. The number of halogens is 1. The molecule has 0 aliphatic heterocycles. The topological polar surface area (TPSA) is 52.5 Å². The van der Waals surface area contributed by atoms with E-state index < -0.39 is 6.10 Å². The van der Waals surface area contributed by atoms with Crippen molar-refractivity contribution in [2.24, 2.45) is 0 Å². The molecule has 0 saturated heterocycles. The van der Waals surface area contributed by atoms with Crippen LogP contribution in [0.5, 0.6) is 5.75 Å². The lowest BCUT2D eigenvalue weighted by Gasteiger charge is -2.24. The number of aliphatic hydroxyl groups is 1. The Labute approximate surface area is 110 Å². The van der Waals surface area contributed by atoms with Crippen LogP contribution in [0.2, 0.25) is 0 Å². The molecule has 0 amide bonds. The largest absolute Gasteiger partial charge is 0.506 e. The van der Waals surface area contributed by atoms with E-state index in [1.165, 1.54) is 12.0 Å². The number of phenols is 1. The van der Waals surface area contributed by atoms with Gasteiger partial charge in [-0.1, -0.05) is 0 Å². The van der Waals surface area contributed by atoms with Gasteiger partial charge in [0, 0.05) is 12.1 Å². The van der Waals surface area contributed by atoms with E-state index in [1.807, 2.05) is 6.07 Å². The van der Waals surface area contributed by atoms with Crippen LogP contribution in [0.25, 0.3) is 0 Å². The first-order chi connectivity index (χ1) is 8.15. The molecule has 0 aromatic heterocycles. The molecule has 1 unspecified atom stereocenters. The average molecular weight is 300 g/mol. The molecule has 1 aromatic carbocycles. The van der Waals surface area contributed by atoms with Gasteiger partial charge in [-0.15, -0.1) is 0 Å². The summed E-state index contributed by atoms with van der Waals surface area (Å²) >= 11 is 3.36. The molecule has 0 saturated carbocycles. The number of fused-ring (bicyclic) bond motifs is 1. The van der Waals surface area contributed by atoms with Gasteiger partial charge in [0.1, 0.15) is 5.75 Å². The van der Waals surface area contributed by atoms with E-state index in [1.54, 1.807) is 7.05 Å². The number of aliphatic hydroxyl groups excluding tert-OH is 1. The third kappa shape index (κ3) is 2.49. The van der Waals surface area contributed by atoms with Crippen molar-refractivity contribution < 1.29 is 10.2 Å². The first kappa shape index (κ1) is 12.9. The fraction of sp³-hybridized carbons (Fsp3) is 0.538. The smallest absolute Gasteiger partial charge is 0.135 e. The van der Waals surface area contributed by atoms with E-state index in [2.05, 4.69) is 21.2 Å². The van der Waals surface area contributed by atoms with Gasteiger partial charge in [-0.3, -0.25) is 0 Å². The molecule has 17 heavy (non-hydrogen) atoms. The Bertz CT molecular complexity index is 420. The van der Waals surface area contributed by atoms with Crippen molar-refractivity contribution >= 4 is 15.9 Å². The first-order valence-electron chi connectivity index (χ1n) is 6.01. The summed E-state index contributed by atoms with van der Waals surface area (Å²) in [5.41, 5.74) is 3.09. The van der Waals surface area contributed by atoms with Crippen LogP contribution in [0.15, 0.2) is 10.5 Å². The third-order valence-corrected chi connectivity index (χ3v) is 3.95. The molecule has 0 radical (unpaired) electrons. The molecule has 94 valence electrons. The van der Waals surface area contributed by atoms with E-state index in [4.69, 9.17) is 0 Å². The molecule has 1 aromatic rings. The molecule has 0 fully saturated rings. The fourth-order valence-electron chi connectivity index (χ4n) is 2.54. The Morgan fingerprint density at radius 1 is 1.41 bits per heavy atom. The van der Waals surface area contributed by atoms with Crippen LogP contribution in [0, 0.1) is 0 Å². The van der Waals surface area contributed by atoms with Crippen LogP contribution in [0.1, 0.15) is 35.6 Å². The van der Waals surface area contributed by atoms with Crippen molar-refractivity contribution in [3.8, 4) is 5.75 Å². The lowest BCUT2D eigenvalue weighted by atomic mass is 9.86. The summed E-state index contributed by atoms with van der Waals surface area (Å²) in [7, 11) is 1.80. The number of hydrogen-bond donors (Lipinski definition) is 3. The fourth-order valence-corrected chi connectivity index (χ4v) is 3.03. The van der Waals surface area contributed by atoms with Crippen LogP contribution in [-0.4, -0.2) is 23.8 Å². The quantitative estimate of drug-likeness (QED) is 0.803.